The second-order valence-electron chi connectivity index (χ2n) is 4.93. The molecule has 0 bridgehead atoms. The maximum Gasteiger partial charge on any atom is 0.269 e. The number of rotatable bonds is 4. The Morgan fingerprint density at radius 1 is 1.21 bits per heavy atom. The molecule has 0 fully saturated rings. The molecule has 24 heavy (non-hydrogen) atoms. The monoisotopic (exact) mass is 344 g/mol. The second-order valence-corrected chi connectivity index (χ2v) is 6.21. The van der Waals surface area contributed by atoms with Gasteiger partial charge in [-0.15, -0.1) is 10.2 Å². The molecule has 0 N–H and O–H groups in total. The van der Waals surface area contributed by atoms with Crippen LogP contribution in [-0.4, -0.2) is 40.1 Å². The van der Waals surface area contributed by atoms with Gasteiger partial charge in [0, 0.05) is 35.7 Å². The average molecular weight is 344 g/mol. The molecule has 0 saturated heterocycles. The molecule has 3 rings (SSSR count). The first kappa shape index (κ1) is 15.9. The minimum atomic E-state index is -1.32. The van der Waals surface area contributed by atoms with Gasteiger partial charge in [-0.2, -0.15) is 0 Å². The highest BCUT2D eigenvalue weighted by atomic mass is 32.2. The number of aryl methyl sites for hydroxylation is 1. The number of nitro groups is 1. The van der Waals surface area contributed by atoms with Crippen LogP contribution in [0.2, 0.25) is 0 Å². The summed E-state index contributed by atoms with van der Waals surface area (Å²) in [6.45, 7) is 1.80. The zero-order valence-corrected chi connectivity index (χ0v) is 13.6. The first-order valence-electron chi connectivity index (χ1n) is 6.80. The Hall–Kier alpha value is -3.01. The fraction of sp³-hybridized carbons (Fsp3) is 0.143. The summed E-state index contributed by atoms with van der Waals surface area (Å²) in [7, 11) is -1.32. The quantitative estimate of drug-likeness (QED) is 0.522. The molecule has 10 heteroatoms. The van der Waals surface area contributed by atoms with E-state index in [9.17, 15) is 14.3 Å². The van der Waals surface area contributed by atoms with Gasteiger partial charge in [-0.1, -0.05) is 0 Å². The highest BCUT2D eigenvalue weighted by molar-refractivity contribution is 7.84. The number of nitro benzene ring substituents is 1. The van der Waals surface area contributed by atoms with Crippen LogP contribution in [0.5, 0.6) is 0 Å². The van der Waals surface area contributed by atoms with Gasteiger partial charge < -0.3 is 0 Å². The fourth-order valence-corrected chi connectivity index (χ4v) is 2.69. The molecule has 0 aliphatic heterocycles. The molecule has 1 atom stereocenters. The maximum atomic E-state index is 11.7. The van der Waals surface area contributed by atoms with Crippen LogP contribution in [0.25, 0.3) is 17.2 Å². The van der Waals surface area contributed by atoms with Gasteiger partial charge in [0.2, 0.25) is 5.16 Å². The summed E-state index contributed by atoms with van der Waals surface area (Å²) in [4.78, 5) is 19.1. The molecule has 0 aliphatic carbocycles. The van der Waals surface area contributed by atoms with Gasteiger partial charge in [0.05, 0.1) is 15.7 Å². The number of benzene rings is 1. The minimum Gasteiger partial charge on any atom is -0.258 e. The van der Waals surface area contributed by atoms with Crippen molar-refractivity contribution in [2.45, 2.75) is 12.1 Å². The average Bonchev–Trinajstić information content (AvgIpc) is 3.04. The third kappa shape index (κ3) is 3.04. The molecule has 9 nitrogen and oxygen atoms in total. The summed E-state index contributed by atoms with van der Waals surface area (Å²) in [5.41, 5.74) is 1.32. The Morgan fingerprint density at radius 2 is 1.92 bits per heavy atom. The van der Waals surface area contributed by atoms with Gasteiger partial charge in [-0.25, -0.2) is 9.97 Å². The lowest BCUT2D eigenvalue weighted by Gasteiger charge is -2.08. The van der Waals surface area contributed by atoms with Crippen LogP contribution in [0.3, 0.4) is 0 Å². The van der Waals surface area contributed by atoms with E-state index in [0.717, 1.165) is 0 Å². The third-order valence-electron chi connectivity index (χ3n) is 3.20. The zero-order valence-electron chi connectivity index (χ0n) is 12.8. The smallest absolute Gasteiger partial charge is 0.258 e. The number of non-ortho nitro benzene ring substituents is 1. The SMILES string of the molecule is Cc1cc(-n2cnnc2[S@@](C)=O)nc(-c2ccc([N+](=O)[O-])cc2)n1. The summed E-state index contributed by atoms with van der Waals surface area (Å²) in [5.74, 6) is 0.882. The van der Waals surface area contributed by atoms with E-state index in [2.05, 4.69) is 20.2 Å². The lowest BCUT2D eigenvalue weighted by molar-refractivity contribution is -0.384. The van der Waals surface area contributed by atoms with Crippen LogP contribution in [0.4, 0.5) is 5.69 Å². The van der Waals surface area contributed by atoms with Crippen molar-refractivity contribution in [3.63, 3.8) is 0 Å². The van der Waals surface area contributed by atoms with Crippen LogP contribution < -0.4 is 0 Å². The molecule has 0 aliphatic rings. The number of hydrogen-bond donors (Lipinski definition) is 0. The van der Waals surface area contributed by atoms with E-state index in [1.54, 1.807) is 25.1 Å². The van der Waals surface area contributed by atoms with E-state index in [0.29, 0.717) is 22.9 Å². The van der Waals surface area contributed by atoms with Crippen LogP contribution >= 0.6 is 0 Å². The molecule has 0 saturated carbocycles. The fourth-order valence-electron chi connectivity index (χ4n) is 2.11. The molecule has 2 heterocycles. The van der Waals surface area contributed by atoms with Crippen molar-refractivity contribution in [1.29, 1.82) is 0 Å². The van der Waals surface area contributed by atoms with Crippen molar-refractivity contribution < 1.29 is 9.13 Å². The van der Waals surface area contributed by atoms with Crippen LogP contribution in [-0.2, 0) is 10.8 Å². The largest absolute Gasteiger partial charge is 0.269 e. The van der Waals surface area contributed by atoms with Crippen molar-refractivity contribution >= 4 is 16.5 Å². The maximum absolute atomic E-state index is 11.7. The first-order valence-corrected chi connectivity index (χ1v) is 8.36. The van der Waals surface area contributed by atoms with Gasteiger partial charge in [0.25, 0.3) is 5.69 Å². The second kappa shape index (κ2) is 6.24. The Morgan fingerprint density at radius 3 is 2.54 bits per heavy atom. The van der Waals surface area contributed by atoms with Gasteiger partial charge in [0.15, 0.2) is 5.82 Å². The van der Waals surface area contributed by atoms with E-state index in [4.69, 9.17) is 0 Å². The minimum absolute atomic E-state index is 0.00546. The van der Waals surface area contributed by atoms with Gasteiger partial charge in [-0.3, -0.25) is 18.9 Å². The summed E-state index contributed by atoms with van der Waals surface area (Å²) in [6, 6.07) is 7.68. The molecular formula is C14H12N6O3S. The lowest BCUT2D eigenvalue weighted by Crippen LogP contribution is -2.06. The van der Waals surface area contributed by atoms with Crippen molar-refractivity contribution in [2.75, 3.05) is 6.26 Å². The summed E-state index contributed by atoms with van der Waals surface area (Å²) in [5, 5.41) is 18.6. The predicted molar refractivity (Wildman–Crippen MR) is 86.1 cm³/mol. The molecule has 1 aromatic carbocycles. The third-order valence-corrected chi connectivity index (χ3v) is 3.99. The zero-order chi connectivity index (χ0) is 17.3. The molecule has 3 aromatic rings. The van der Waals surface area contributed by atoms with E-state index < -0.39 is 15.7 Å². The Labute approximate surface area is 139 Å². The lowest BCUT2D eigenvalue weighted by atomic mass is 10.2. The van der Waals surface area contributed by atoms with Gasteiger partial charge in [0.1, 0.15) is 12.1 Å². The highest BCUT2D eigenvalue weighted by Gasteiger charge is 2.14. The molecule has 2 aromatic heterocycles. The number of nitrogens with zero attached hydrogens (tertiary/aromatic N) is 6. The van der Waals surface area contributed by atoms with Crippen molar-refractivity contribution in [2.24, 2.45) is 0 Å². The molecular weight excluding hydrogens is 332 g/mol. The molecule has 0 unspecified atom stereocenters. The van der Waals surface area contributed by atoms with Crippen molar-refractivity contribution in [1.82, 2.24) is 24.7 Å². The van der Waals surface area contributed by atoms with Gasteiger partial charge >= 0.3 is 0 Å². The van der Waals surface area contributed by atoms with Crippen LogP contribution in [0.15, 0.2) is 41.8 Å². The molecule has 0 spiro atoms. The Balaban J connectivity index is 2.08. The van der Waals surface area contributed by atoms with E-state index in [1.807, 2.05) is 0 Å². The summed E-state index contributed by atoms with van der Waals surface area (Å²) < 4.78 is 13.2. The standard InChI is InChI=1S/C14H12N6O3S/c1-9-7-12(19-8-15-18-14(19)24(2)23)17-13(16-9)10-3-5-11(6-4-10)20(21)22/h3-8H,1-2H3/t24-/m1/s1. The van der Waals surface area contributed by atoms with E-state index >= 15 is 0 Å². The number of hydrogen-bond acceptors (Lipinski definition) is 7. The van der Waals surface area contributed by atoms with Crippen molar-refractivity contribution in [3.05, 3.63) is 52.5 Å². The molecule has 0 radical (unpaired) electrons. The molecule has 0 amide bonds. The normalized spacial score (nSPS) is 12.1. The van der Waals surface area contributed by atoms with Crippen LogP contribution in [0, 0.1) is 17.0 Å². The predicted octanol–water partition coefficient (Wildman–Crippen LogP) is 1.68. The first-order chi connectivity index (χ1) is 11.5. The van der Waals surface area contributed by atoms with Gasteiger partial charge in [-0.05, 0) is 19.1 Å². The molecule has 122 valence electrons. The van der Waals surface area contributed by atoms with E-state index in [1.165, 1.54) is 29.3 Å². The Kier molecular flexibility index (Phi) is 4.13. The number of aromatic nitrogens is 5. The van der Waals surface area contributed by atoms with Crippen LogP contribution in [0.1, 0.15) is 5.69 Å². The topological polar surface area (TPSA) is 117 Å². The summed E-state index contributed by atoms with van der Waals surface area (Å²) in [6.07, 6.45) is 2.93. The highest BCUT2D eigenvalue weighted by Crippen LogP contribution is 2.21. The Bertz CT molecular complexity index is 938. The summed E-state index contributed by atoms with van der Waals surface area (Å²) >= 11 is 0. The van der Waals surface area contributed by atoms with Crippen molar-refractivity contribution in [3.8, 4) is 17.2 Å². The van der Waals surface area contributed by atoms with E-state index in [-0.39, 0.29) is 10.8 Å².